The molecule has 3 nitrogen and oxygen atoms in total. The van der Waals surface area contributed by atoms with Crippen molar-refractivity contribution in [2.75, 3.05) is 11.9 Å². The van der Waals surface area contributed by atoms with E-state index < -0.39 is 11.6 Å². The highest BCUT2D eigenvalue weighted by molar-refractivity contribution is 9.10. The van der Waals surface area contributed by atoms with Gasteiger partial charge in [-0.05, 0) is 47.5 Å². The van der Waals surface area contributed by atoms with Crippen LogP contribution in [0.25, 0.3) is 11.4 Å². The van der Waals surface area contributed by atoms with Gasteiger partial charge in [0.1, 0.15) is 5.82 Å². The molecular weight excluding hydrogens is 328 g/mol. The Balaban J connectivity index is 2.55. The number of rotatable bonds is 4. The molecule has 0 atom stereocenters. The molecule has 1 aromatic heterocycles. The lowest BCUT2D eigenvalue weighted by Crippen LogP contribution is -2.06. The summed E-state index contributed by atoms with van der Waals surface area (Å²) in [5.74, 6) is -0.760. The second kappa shape index (κ2) is 6.26. The molecule has 1 heterocycles. The van der Waals surface area contributed by atoms with E-state index in [0.29, 0.717) is 30.2 Å². The number of halogens is 3. The van der Waals surface area contributed by atoms with Gasteiger partial charge >= 0.3 is 0 Å². The average Bonchev–Trinajstić information content (AvgIpc) is 2.44. The van der Waals surface area contributed by atoms with Crippen LogP contribution in [-0.4, -0.2) is 16.5 Å². The van der Waals surface area contributed by atoms with E-state index in [2.05, 4.69) is 31.2 Å². The van der Waals surface area contributed by atoms with E-state index in [1.807, 2.05) is 13.8 Å². The molecule has 0 fully saturated rings. The fraction of sp³-hybridized carbons (Fsp3) is 0.286. The Labute approximate surface area is 124 Å². The maximum Gasteiger partial charge on any atom is 0.161 e. The molecule has 20 heavy (non-hydrogen) atoms. The Morgan fingerprint density at radius 1 is 1.15 bits per heavy atom. The third-order valence-electron chi connectivity index (χ3n) is 2.78. The van der Waals surface area contributed by atoms with Crippen molar-refractivity contribution in [3.8, 4) is 11.4 Å². The van der Waals surface area contributed by atoms with E-state index in [1.165, 1.54) is 6.07 Å². The zero-order chi connectivity index (χ0) is 14.7. The molecule has 1 aromatic carbocycles. The van der Waals surface area contributed by atoms with E-state index in [9.17, 15) is 8.78 Å². The number of nitrogens with one attached hydrogen (secondary N) is 1. The van der Waals surface area contributed by atoms with Gasteiger partial charge < -0.3 is 5.32 Å². The van der Waals surface area contributed by atoms with Crippen LogP contribution in [0.3, 0.4) is 0 Å². The molecule has 0 radical (unpaired) electrons. The number of aromatic nitrogens is 2. The van der Waals surface area contributed by atoms with Gasteiger partial charge in [-0.15, -0.1) is 0 Å². The van der Waals surface area contributed by atoms with Gasteiger partial charge in [-0.25, -0.2) is 18.7 Å². The topological polar surface area (TPSA) is 37.8 Å². The van der Waals surface area contributed by atoms with Crippen molar-refractivity contribution in [3.63, 3.8) is 0 Å². The normalized spacial score (nSPS) is 10.7. The van der Waals surface area contributed by atoms with Gasteiger partial charge in [-0.1, -0.05) is 6.92 Å². The van der Waals surface area contributed by atoms with E-state index in [-0.39, 0.29) is 0 Å². The van der Waals surface area contributed by atoms with Crippen LogP contribution >= 0.6 is 15.9 Å². The van der Waals surface area contributed by atoms with Gasteiger partial charge in [0.15, 0.2) is 17.5 Å². The molecule has 0 saturated heterocycles. The number of benzene rings is 1. The first-order valence-corrected chi connectivity index (χ1v) is 7.11. The van der Waals surface area contributed by atoms with Crippen LogP contribution in [0.2, 0.25) is 0 Å². The Kier molecular flexibility index (Phi) is 4.65. The van der Waals surface area contributed by atoms with Crippen molar-refractivity contribution >= 4 is 21.7 Å². The second-order valence-electron chi connectivity index (χ2n) is 4.17. The van der Waals surface area contributed by atoms with Crippen LogP contribution in [0.15, 0.2) is 22.7 Å². The summed E-state index contributed by atoms with van der Waals surface area (Å²) in [4.78, 5) is 8.74. The highest BCUT2D eigenvalue weighted by Crippen LogP contribution is 2.28. The number of anilines is 1. The Hall–Kier alpha value is -1.56. The molecule has 1 N–H and O–H groups in total. The summed E-state index contributed by atoms with van der Waals surface area (Å²) in [5.41, 5.74) is 1.26. The van der Waals surface area contributed by atoms with Crippen molar-refractivity contribution in [2.45, 2.75) is 20.3 Å². The first-order chi connectivity index (χ1) is 9.56. The number of nitrogens with zero attached hydrogens (tertiary/aromatic N) is 2. The van der Waals surface area contributed by atoms with Crippen LogP contribution < -0.4 is 5.32 Å². The molecule has 0 aliphatic rings. The molecule has 106 valence electrons. The highest BCUT2D eigenvalue weighted by Gasteiger charge is 2.13. The minimum atomic E-state index is -0.905. The number of hydrogen-bond acceptors (Lipinski definition) is 3. The van der Waals surface area contributed by atoms with Crippen molar-refractivity contribution in [1.82, 2.24) is 9.97 Å². The lowest BCUT2D eigenvalue weighted by atomic mass is 10.2. The van der Waals surface area contributed by atoms with Gasteiger partial charge in [0.25, 0.3) is 0 Å². The molecule has 0 aliphatic carbocycles. The molecular formula is C14H14BrF2N3. The van der Waals surface area contributed by atoms with E-state index in [1.54, 1.807) is 0 Å². The number of hydrogen-bond donors (Lipinski definition) is 1. The first kappa shape index (κ1) is 14.8. The molecule has 6 heteroatoms. The molecule has 0 bridgehead atoms. The fourth-order valence-corrected chi connectivity index (χ4v) is 2.37. The maximum absolute atomic E-state index is 13.3. The lowest BCUT2D eigenvalue weighted by Gasteiger charge is -2.11. The van der Waals surface area contributed by atoms with Gasteiger partial charge in [-0.3, -0.25) is 0 Å². The maximum atomic E-state index is 13.3. The van der Waals surface area contributed by atoms with E-state index in [4.69, 9.17) is 0 Å². The third-order valence-corrected chi connectivity index (χ3v) is 3.61. The average molecular weight is 342 g/mol. The third kappa shape index (κ3) is 2.95. The van der Waals surface area contributed by atoms with Crippen LogP contribution in [-0.2, 0) is 6.42 Å². The summed E-state index contributed by atoms with van der Waals surface area (Å²) in [7, 11) is 0. The molecule has 0 amide bonds. The smallest absolute Gasteiger partial charge is 0.161 e. The Bertz CT molecular complexity index is 632. The summed E-state index contributed by atoms with van der Waals surface area (Å²) < 4.78 is 27.1. The Morgan fingerprint density at radius 3 is 2.50 bits per heavy atom. The minimum Gasteiger partial charge on any atom is -0.369 e. The molecule has 0 saturated carbocycles. The molecule has 0 aliphatic heterocycles. The SMILES string of the molecule is CCNc1nc(-c2ccc(F)c(F)c2)nc(CC)c1Br. The monoisotopic (exact) mass is 341 g/mol. The van der Waals surface area contributed by atoms with E-state index >= 15 is 0 Å². The number of aryl methyl sites for hydroxylation is 1. The quantitative estimate of drug-likeness (QED) is 0.906. The Morgan fingerprint density at radius 2 is 1.90 bits per heavy atom. The molecule has 0 spiro atoms. The standard InChI is InChI=1S/C14H14BrF2N3/c1-3-11-12(15)14(18-4-2)20-13(19-11)8-5-6-9(16)10(17)7-8/h5-7H,3-4H2,1-2H3,(H,18,19,20). The van der Waals surface area contributed by atoms with Gasteiger partial charge in [0.2, 0.25) is 0 Å². The van der Waals surface area contributed by atoms with Crippen molar-refractivity contribution in [2.24, 2.45) is 0 Å². The predicted octanol–water partition coefficient (Wildman–Crippen LogP) is 4.18. The zero-order valence-electron chi connectivity index (χ0n) is 11.2. The second-order valence-corrected chi connectivity index (χ2v) is 4.96. The minimum absolute atomic E-state index is 0.375. The van der Waals surface area contributed by atoms with E-state index in [0.717, 1.165) is 22.3 Å². The van der Waals surface area contributed by atoms with Crippen LogP contribution in [0.1, 0.15) is 19.5 Å². The molecule has 2 aromatic rings. The van der Waals surface area contributed by atoms with Gasteiger partial charge in [0, 0.05) is 12.1 Å². The van der Waals surface area contributed by atoms with Gasteiger partial charge in [0.05, 0.1) is 10.2 Å². The fourth-order valence-electron chi connectivity index (χ4n) is 1.78. The molecule has 0 unspecified atom stereocenters. The van der Waals surface area contributed by atoms with Crippen molar-refractivity contribution in [3.05, 3.63) is 40.0 Å². The zero-order valence-corrected chi connectivity index (χ0v) is 12.8. The summed E-state index contributed by atoms with van der Waals surface area (Å²) in [6.45, 7) is 4.63. The van der Waals surface area contributed by atoms with Crippen LogP contribution in [0, 0.1) is 11.6 Å². The highest BCUT2D eigenvalue weighted by atomic mass is 79.9. The summed E-state index contributed by atoms with van der Waals surface area (Å²) in [6, 6.07) is 3.65. The summed E-state index contributed by atoms with van der Waals surface area (Å²) >= 11 is 3.45. The van der Waals surface area contributed by atoms with Crippen LogP contribution in [0.5, 0.6) is 0 Å². The summed E-state index contributed by atoms with van der Waals surface area (Å²) in [6.07, 6.45) is 0.707. The van der Waals surface area contributed by atoms with Crippen molar-refractivity contribution < 1.29 is 8.78 Å². The van der Waals surface area contributed by atoms with Gasteiger partial charge in [-0.2, -0.15) is 0 Å². The van der Waals surface area contributed by atoms with Crippen LogP contribution in [0.4, 0.5) is 14.6 Å². The summed E-state index contributed by atoms with van der Waals surface area (Å²) in [5, 5.41) is 3.12. The van der Waals surface area contributed by atoms with Crippen molar-refractivity contribution in [1.29, 1.82) is 0 Å². The molecule has 2 rings (SSSR count). The predicted molar refractivity (Wildman–Crippen MR) is 78.6 cm³/mol. The largest absolute Gasteiger partial charge is 0.369 e. The first-order valence-electron chi connectivity index (χ1n) is 6.32. The lowest BCUT2D eigenvalue weighted by molar-refractivity contribution is 0.509.